The molecule has 7 nitrogen and oxygen atoms in total. The molecule has 176 valence electrons. The predicted molar refractivity (Wildman–Crippen MR) is 136 cm³/mol. The number of carbonyl (C=O) groups excluding carboxylic acids is 1. The molecule has 0 saturated heterocycles. The number of amides is 1. The maximum atomic E-state index is 14.1. The molecular weight excluding hydrogens is 465 g/mol. The highest BCUT2D eigenvalue weighted by Crippen LogP contribution is 2.25. The summed E-state index contributed by atoms with van der Waals surface area (Å²) in [4.78, 5) is 26.1. The molecule has 2 aromatic heterocycles. The van der Waals surface area contributed by atoms with E-state index in [1.807, 2.05) is 50.2 Å². The van der Waals surface area contributed by atoms with Gasteiger partial charge in [-0.1, -0.05) is 42.1 Å². The number of hydrogen-bond acceptors (Lipinski definition) is 5. The lowest BCUT2D eigenvalue weighted by Crippen LogP contribution is -2.22. The van der Waals surface area contributed by atoms with Crippen molar-refractivity contribution < 1.29 is 9.18 Å². The molecule has 0 bridgehead atoms. The number of aromatic nitrogens is 4. The number of thioether (sulfide) groups is 1. The standard InChI is InChI=1S/C26H22FN5O2S/c1-15-9-11-20(19(27)12-15)28-23(33)14-35-26-30-29-25-31(22-13-16(2)8-10-17(22)3)24(34)18-6-4-5-7-21(18)32(25)26/h4-13H,14H2,1-3H3,(H,28,33). The second-order valence-corrected chi connectivity index (χ2v) is 9.33. The molecule has 0 aliphatic rings. The Morgan fingerprint density at radius 2 is 1.74 bits per heavy atom. The Hall–Kier alpha value is -3.98. The molecule has 1 amide bonds. The number of para-hydroxylation sites is 1. The van der Waals surface area contributed by atoms with Gasteiger partial charge in [-0.15, -0.1) is 10.2 Å². The Bertz CT molecular complexity index is 1670. The average Bonchev–Trinajstić information content (AvgIpc) is 3.26. The topological polar surface area (TPSA) is 81.3 Å². The van der Waals surface area contributed by atoms with E-state index in [4.69, 9.17) is 0 Å². The van der Waals surface area contributed by atoms with Crippen molar-refractivity contribution in [3.05, 3.63) is 93.5 Å². The summed E-state index contributed by atoms with van der Waals surface area (Å²) < 4.78 is 17.5. The number of carbonyl (C=O) groups is 1. The molecule has 0 spiro atoms. The van der Waals surface area contributed by atoms with Gasteiger partial charge in [-0.3, -0.25) is 14.0 Å². The summed E-state index contributed by atoms with van der Waals surface area (Å²) in [7, 11) is 0. The van der Waals surface area contributed by atoms with Gasteiger partial charge in [0.25, 0.3) is 5.56 Å². The van der Waals surface area contributed by atoms with Crippen LogP contribution in [0.15, 0.2) is 70.6 Å². The third-order valence-corrected chi connectivity index (χ3v) is 6.66. The molecule has 1 N–H and O–H groups in total. The Balaban J connectivity index is 1.56. The van der Waals surface area contributed by atoms with Crippen molar-refractivity contribution in [2.24, 2.45) is 0 Å². The molecule has 3 aromatic carbocycles. The molecule has 0 aliphatic carbocycles. The zero-order valence-corrected chi connectivity index (χ0v) is 20.2. The van der Waals surface area contributed by atoms with Crippen molar-refractivity contribution in [1.82, 2.24) is 19.2 Å². The normalized spacial score (nSPS) is 11.3. The van der Waals surface area contributed by atoms with Crippen molar-refractivity contribution in [1.29, 1.82) is 0 Å². The van der Waals surface area contributed by atoms with Crippen molar-refractivity contribution in [3.8, 4) is 5.69 Å². The number of aryl methyl sites for hydroxylation is 3. The summed E-state index contributed by atoms with van der Waals surface area (Å²) in [6.07, 6.45) is 0. The second-order valence-electron chi connectivity index (χ2n) is 8.39. The molecule has 5 aromatic rings. The number of halogens is 1. The number of nitrogens with one attached hydrogen (secondary N) is 1. The molecule has 0 aliphatic heterocycles. The van der Waals surface area contributed by atoms with Crippen LogP contribution in [0.1, 0.15) is 16.7 Å². The number of benzene rings is 3. The smallest absolute Gasteiger partial charge is 0.267 e. The number of anilines is 1. The van der Waals surface area contributed by atoms with Gasteiger partial charge in [0.15, 0.2) is 5.16 Å². The van der Waals surface area contributed by atoms with Gasteiger partial charge in [0, 0.05) is 0 Å². The highest BCUT2D eigenvalue weighted by Gasteiger charge is 2.20. The number of rotatable bonds is 5. The van der Waals surface area contributed by atoms with E-state index in [2.05, 4.69) is 15.5 Å². The van der Waals surface area contributed by atoms with Gasteiger partial charge in [0.05, 0.1) is 28.0 Å². The fourth-order valence-electron chi connectivity index (χ4n) is 3.99. The van der Waals surface area contributed by atoms with E-state index in [0.717, 1.165) is 34.1 Å². The lowest BCUT2D eigenvalue weighted by atomic mass is 10.1. The quantitative estimate of drug-likeness (QED) is 0.359. The van der Waals surface area contributed by atoms with E-state index in [-0.39, 0.29) is 22.9 Å². The van der Waals surface area contributed by atoms with Gasteiger partial charge < -0.3 is 5.32 Å². The molecule has 0 saturated carbocycles. The van der Waals surface area contributed by atoms with Gasteiger partial charge in [-0.05, 0) is 67.8 Å². The van der Waals surface area contributed by atoms with Gasteiger partial charge in [-0.2, -0.15) is 0 Å². The minimum Gasteiger partial charge on any atom is -0.323 e. The zero-order chi connectivity index (χ0) is 24.7. The molecular formula is C26H22FN5O2S. The van der Waals surface area contributed by atoms with Crippen LogP contribution < -0.4 is 10.9 Å². The van der Waals surface area contributed by atoms with Gasteiger partial charge in [-0.25, -0.2) is 8.96 Å². The van der Waals surface area contributed by atoms with Crippen LogP contribution in [-0.2, 0) is 4.79 Å². The van der Waals surface area contributed by atoms with Crippen molar-refractivity contribution in [2.45, 2.75) is 25.9 Å². The van der Waals surface area contributed by atoms with Crippen LogP contribution in [0, 0.1) is 26.6 Å². The molecule has 5 rings (SSSR count). The highest BCUT2D eigenvalue weighted by molar-refractivity contribution is 7.99. The Kier molecular flexibility index (Phi) is 5.86. The van der Waals surface area contributed by atoms with Gasteiger partial charge >= 0.3 is 0 Å². The van der Waals surface area contributed by atoms with Crippen LogP contribution in [0.3, 0.4) is 0 Å². The minimum atomic E-state index is -0.486. The largest absolute Gasteiger partial charge is 0.323 e. The summed E-state index contributed by atoms with van der Waals surface area (Å²) in [5.41, 5.74) is 4.00. The number of nitrogens with zero attached hydrogens (tertiary/aromatic N) is 4. The summed E-state index contributed by atoms with van der Waals surface area (Å²) in [6, 6.07) is 17.8. The van der Waals surface area contributed by atoms with E-state index in [1.54, 1.807) is 28.0 Å². The second kappa shape index (κ2) is 8.99. The van der Waals surface area contributed by atoms with Crippen LogP contribution in [0.4, 0.5) is 10.1 Å². The van der Waals surface area contributed by atoms with Crippen LogP contribution in [0.2, 0.25) is 0 Å². The number of hydrogen-bond donors (Lipinski definition) is 1. The minimum absolute atomic E-state index is 0.00889. The molecule has 0 fully saturated rings. The van der Waals surface area contributed by atoms with Crippen LogP contribution >= 0.6 is 11.8 Å². The lowest BCUT2D eigenvalue weighted by molar-refractivity contribution is -0.113. The van der Waals surface area contributed by atoms with Crippen LogP contribution in [-0.4, -0.2) is 30.8 Å². The third kappa shape index (κ3) is 4.19. The SMILES string of the molecule is Cc1ccc(NC(=O)CSc2nnc3n(-c4cc(C)ccc4C)c(=O)c4ccccc4n23)c(F)c1. The fraction of sp³-hybridized carbons (Fsp3) is 0.154. The van der Waals surface area contributed by atoms with Crippen LogP contribution in [0.25, 0.3) is 22.4 Å². The van der Waals surface area contributed by atoms with E-state index in [9.17, 15) is 14.0 Å². The van der Waals surface area contributed by atoms with Gasteiger partial charge in [0.2, 0.25) is 11.7 Å². The highest BCUT2D eigenvalue weighted by atomic mass is 32.2. The Morgan fingerprint density at radius 1 is 1.00 bits per heavy atom. The van der Waals surface area contributed by atoms with E-state index in [0.29, 0.717) is 21.8 Å². The first-order valence-electron chi connectivity index (χ1n) is 11.0. The van der Waals surface area contributed by atoms with E-state index >= 15 is 0 Å². The van der Waals surface area contributed by atoms with E-state index in [1.165, 1.54) is 12.1 Å². The first kappa shape index (κ1) is 22.8. The summed E-state index contributed by atoms with van der Waals surface area (Å²) in [5.74, 6) is -0.512. The molecule has 35 heavy (non-hydrogen) atoms. The molecule has 9 heteroatoms. The number of fused-ring (bicyclic) bond motifs is 3. The summed E-state index contributed by atoms with van der Waals surface area (Å²) >= 11 is 1.16. The predicted octanol–water partition coefficient (Wildman–Crippen LogP) is 4.83. The Labute approximate surface area is 204 Å². The van der Waals surface area contributed by atoms with Gasteiger partial charge in [0.1, 0.15) is 5.82 Å². The molecule has 2 heterocycles. The molecule has 0 atom stereocenters. The van der Waals surface area contributed by atoms with E-state index < -0.39 is 5.82 Å². The maximum Gasteiger partial charge on any atom is 0.267 e. The van der Waals surface area contributed by atoms with Crippen molar-refractivity contribution >= 4 is 40.0 Å². The first-order valence-corrected chi connectivity index (χ1v) is 12.0. The average molecular weight is 488 g/mol. The summed E-state index contributed by atoms with van der Waals surface area (Å²) in [6.45, 7) is 5.68. The molecule has 0 unspecified atom stereocenters. The van der Waals surface area contributed by atoms with Crippen molar-refractivity contribution in [3.63, 3.8) is 0 Å². The molecule has 0 radical (unpaired) electrons. The van der Waals surface area contributed by atoms with Crippen molar-refractivity contribution in [2.75, 3.05) is 11.1 Å². The van der Waals surface area contributed by atoms with Crippen LogP contribution in [0.5, 0.6) is 0 Å². The fourth-order valence-corrected chi connectivity index (χ4v) is 4.73. The third-order valence-electron chi connectivity index (χ3n) is 5.73. The summed E-state index contributed by atoms with van der Waals surface area (Å²) in [5, 5.41) is 12.2. The maximum absolute atomic E-state index is 14.1. The lowest BCUT2D eigenvalue weighted by Gasteiger charge is -2.14. The Morgan fingerprint density at radius 3 is 2.54 bits per heavy atom. The monoisotopic (exact) mass is 487 g/mol. The zero-order valence-electron chi connectivity index (χ0n) is 19.4. The first-order chi connectivity index (χ1) is 16.8.